The fourth-order valence-corrected chi connectivity index (χ4v) is 2.01. The minimum Gasteiger partial charge on any atom is -0.344 e. The van der Waals surface area contributed by atoms with E-state index in [0.29, 0.717) is 18.9 Å². The average molecular weight is 398 g/mol. The third-order valence-electron chi connectivity index (χ3n) is 3.35. The van der Waals surface area contributed by atoms with E-state index in [9.17, 15) is 14.4 Å². The number of nitrogens with one attached hydrogen (secondary N) is 1. The Balaban J connectivity index is 0.00000441. The van der Waals surface area contributed by atoms with Crippen molar-refractivity contribution >= 4 is 34.2 Å². The van der Waals surface area contributed by atoms with Crippen LogP contribution >= 0.6 is 28.3 Å². The van der Waals surface area contributed by atoms with E-state index in [0.717, 1.165) is 4.57 Å². The van der Waals surface area contributed by atoms with Crippen LogP contribution in [-0.4, -0.2) is 40.0 Å². The molecule has 1 aromatic heterocycles. The van der Waals surface area contributed by atoms with Crippen LogP contribution in [0.5, 0.6) is 0 Å². The number of amides is 1. The molecule has 0 fully saturated rings. The summed E-state index contributed by atoms with van der Waals surface area (Å²) in [5, 5.41) is 0. The number of aromatic amines is 1. The van der Waals surface area contributed by atoms with Gasteiger partial charge in [0, 0.05) is 25.8 Å². The van der Waals surface area contributed by atoms with Crippen LogP contribution in [0.25, 0.3) is 0 Å². The first-order valence-electron chi connectivity index (χ1n) is 6.71. The quantitative estimate of drug-likeness (QED) is 0.732. The van der Waals surface area contributed by atoms with Crippen molar-refractivity contribution in [2.75, 3.05) is 13.6 Å². The summed E-state index contributed by atoms with van der Waals surface area (Å²) < 4.78 is 1.37. The van der Waals surface area contributed by atoms with Crippen molar-refractivity contribution in [2.24, 2.45) is 11.7 Å². The lowest BCUT2D eigenvalue weighted by Gasteiger charge is -2.21. The van der Waals surface area contributed by atoms with Crippen LogP contribution in [0.15, 0.2) is 20.3 Å². The van der Waals surface area contributed by atoms with Crippen LogP contribution in [0.3, 0.4) is 0 Å². The molecule has 1 heterocycles. The first kappa shape index (κ1) is 20.9. The van der Waals surface area contributed by atoms with Crippen LogP contribution in [0, 0.1) is 5.92 Å². The highest BCUT2D eigenvalue weighted by Crippen LogP contribution is 2.04. The Morgan fingerprint density at radius 1 is 1.45 bits per heavy atom. The second-order valence-electron chi connectivity index (χ2n) is 5.38. The summed E-state index contributed by atoms with van der Waals surface area (Å²) in [5.74, 6) is 0.137. The van der Waals surface area contributed by atoms with E-state index in [-0.39, 0.29) is 35.4 Å². The maximum absolute atomic E-state index is 12.1. The fourth-order valence-electron chi connectivity index (χ4n) is 1.67. The molecule has 0 radical (unpaired) electrons. The van der Waals surface area contributed by atoms with Gasteiger partial charge in [-0.2, -0.15) is 0 Å². The summed E-state index contributed by atoms with van der Waals surface area (Å²) in [5.41, 5.74) is 4.82. The Morgan fingerprint density at radius 3 is 2.59 bits per heavy atom. The van der Waals surface area contributed by atoms with Gasteiger partial charge in [-0.05, 0) is 28.3 Å². The number of hydrogen-bond acceptors (Lipinski definition) is 4. The number of nitrogens with zero attached hydrogens (tertiary/aromatic N) is 2. The van der Waals surface area contributed by atoms with Gasteiger partial charge in [0.05, 0.1) is 4.47 Å². The Labute approximate surface area is 143 Å². The summed E-state index contributed by atoms with van der Waals surface area (Å²) in [6.07, 6.45) is 2.01. The molecule has 0 saturated heterocycles. The zero-order valence-corrected chi connectivity index (χ0v) is 15.2. The fraction of sp³-hybridized carbons (Fsp3) is 0.615. The molecule has 1 unspecified atom stereocenters. The molecular weight excluding hydrogens is 376 g/mol. The van der Waals surface area contributed by atoms with Crippen LogP contribution < -0.4 is 17.0 Å². The number of H-pyrrole nitrogens is 1. The molecule has 0 saturated carbocycles. The van der Waals surface area contributed by atoms with Gasteiger partial charge in [0.1, 0.15) is 6.54 Å². The highest BCUT2D eigenvalue weighted by Gasteiger charge is 2.14. The van der Waals surface area contributed by atoms with E-state index in [1.807, 2.05) is 13.8 Å². The maximum atomic E-state index is 12.1. The van der Waals surface area contributed by atoms with Gasteiger partial charge in [0.15, 0.2) is 0 Å². The van der Waals surface area contributed by atoms with Gasteiger partial charge in [0.2, 0.25) is 5.91 Å². The van der Waals surface area contributed by atoms with Gasteiger partial charge in [-0.15, -0.1) is 12.4 Å². The van der Waals surface area contributed by atoms with Crippen LogP contribution in [0.2, 0.25) is 0 Å². The zero-order valence-electron chi connectivity index (χ0n) is 12.8. The molecule has 126 valence electrons. The molecule has 1 rings (SSSR count). The summed E-state index contributed by atoms with van der Waals surface area (Å²) >= 11 is 3.03. The van der Waals surface area contributed by atoms with Crippen LogP contribution in [0.1, 0.15) is 20.3 Å². The number of hydrogen-bond donors (Lipinski definition) is 2. The smallest absolute Gasteiger partial charge is 0.328 e. The van der Waals surface area contributed by atoms with Crippen molar-refractivity contribution in [3.63, 3.8) is 0 Å². The summed E-state index contributed by atoms with van der Waals surface area (Å²) in [6.45, 7) is 4.47. The monoisotopic (exact) mass is 396 g/mol. The standard InChI is InChI=1S/C13H21BrN4O3.ClH/c1-8(2)10(15)4-5-17(3)11(19)7-18-6-9(14)12(20)16-13(18)21;/h6,8,10H,4-5,7,15H2,1-3H3,(H,16,20,21);1H. The predicted molar refractivity (Wildman–Crippen MR) is 91.3 cm³/mol. The van der Waals surface area contributed by atoms with Gasteiger partial charge in [0.25, 0.3) is 5.56 Å². The Hall–Kier alpha value is -1.12. The molecule has 0 aliphatic carbocycles. The van der Waals surface area contributed by atoms with Gasteiger partial charge in [-0.3, -0.25) is 19.1 Å². The molecule has 1 amide bonds. The number of carbonyl (C=O) groups excluding carboxylic acids is 1. The lowest BCUT2D eigenvalue weighted by molar-refractivity contribution is -0.130. The van der Waals surface area contributed by atoms with Crippen molar-refractivity contribution in [1.29, 1.82) is 0 Å². The Kier molecular flexibility index (Phi) is 8.65. The molecular formula is C13H22BrClN4O3. The van der Waals surface area contributed by atoms with Gasteiger partial charge in [-0.25, -0.2) is 4.79 Å². The number of aromatic nitrogens is 2. The first-order valence-corrected chi connectivity index (χ1v) is 7.50. The summed E-state index contributed by atoms with van der Waals surface area (Å²) in [7, 11) is 1.67. The largest absolute Gasteiger partial charge is 0.344 e. The molecule has 7 nitrogen and oxygen atoms in total. The van der Waals surface area contributed by atoms with Crippen molar-refractivity contribution in [3.8, 4) is 0 Å². The van der Waals surface area contributed by atoms with E-state index in [1.165, 1.54) is 11.1 Å². The molecule has 0 aliphatic rings. The zero-order chi connectivity index (χ0) is 16.2. The number of halogens is 2. The maximum Gasteiger partial charge on any atom is 0.328 e. The van der Waals surface area contributed by atoms with Crippen molar-refractivity contribution in [2.45, 2.75) is 32.9 Å². The topological polar surface area (TPSA) is 101 Å². The van der Waals surface area contributed by atoms with E-state index in [2.05, 4.69) is 20.9 Å². The molecule has 9 heteroatoms. The Bertz CT molecular complexity index is 614. The number of carbonyl (C=O) groups is 1. The van der Waals surface area contributed by atoms with Crippen LogP contribution in [-0.2, 0) is 11.3 Å². The van der Waals surface area contributed by atoms with Crippen molar-refractivity contribution in [3.05, 3.63) is 31.5 Å². The van der Waals surface area contributed by atoms with Crippen molar-refractivity contribution < 1.29 is 4.79 Å². The van der Waals surface area contributed by atoms with Gasteiger partial charge >= 0.3 is 5.69 Å². The third kappa shape index (κ3) is 5.94. The lowest BCUT2D eigenvalue weighted by Crippen LogP contribution is -2.39. The molecule has 3 N–H and O–H groups in total. The number of rotatable bonds is 6. The molecule has 1 atom stereocenters. The predicted octanol–water partition coefficient (Wildman–Crippen LogP) is 0.553. The van der Waals surface area contributed by atoms with Gasteiger partial charge in [-0.1, -0.05) is 13.8 Å². The van der Waals surface area contributed by atoms with Crippen molar-refractivity contribution in [1.82, 2.24) is 14.5 Å². The molecule has 0 aromatic carbocycles. The molecule has 22 heavy (non-hydrogen) atoms. The number of likely N-dealkylation sites (N-methyl/N-ethyl adjacent to an activating group) is 1. The summed E-state index contributed by atoms with van der Waals surface area (Å²) in [6, 6.07) is 0.0326. The van der Waals surface area contributed by atoms with E-state index >= 15 is 0 Å². The first-order chi connectivity index (χ1) is 9.72. The minimum atomic E-state index is -0.608. The number of nitrogens with two attached hydrogens (primary N) is 1. The van der Waals surface area contributed by atoms with E-state index < -0.39 is 11.2 Å². The average Bonchev–Trinajstić information content (AvgIpc) is 2.41. The Morgan fingerprint density at radius 2 is 2.05 bits per heavy atom. The molecule has 0 aliphatic heterocycles. The second-order valence-corrected chi connectivity index (χ2v) is 6.23. The molecule has 1 aromatic rings. The highest BCUT2D eigenvalue weighted by molar-refractivity contribution is 9.10. The lowest BCUT2D eigenvalue weighted by atomic mass is 10.0. The second kappa shape index (κ2) is 9.12. The van der Waals surface area contributed by atoms with Crippen LogP contribution in [0.4, 0.5) is 0 Å². The minimum absolute atomic E-state index is 0. The normalized spacial score (nSPS) is 11.9. The SMILES string of the molecule is CC(C)C(N)CCN(C)C(=O)Cn1cc(Br)c(=O)[nH]c1=O.Cl. The highest BCUT2D eigenvalue weighted by atomic mass is 79.9. The molecule has 0 bridgehead atoms. The van der Waals surface area contributed by atoms with E-state index in [1.54, 1.807) is 7.05 Å². The van der Waals surface area contributed by atoms with Gasteiger partial charge < -0.3 is 10.6 Å². The molecule has 0 spiro atoms. The third-order valence-corrected chi connectivity index (χ3v) is 3.92. The van der Waals surface area contributed by atoms with E-state index in [4.69, 9.17) is 5.73 Å². The summed E-state index contributed by atoms with van der Waals surface area (Å²) in [4.78, 5) is 38.6.